The van der Waals surface area contributed by atoms with Crippen molar-refractivity contribution in [3.63, 3.8) is 0 Å². The molecule has 1 aromatic heterocycles. The summed E-state index contributed by atoms with van der Waals surface area (Å²) in [7, 11) is 0. The maximum atomic E-state index is 11.7. The van der Waals surface area contributed by atoms with Crippen molar-refractivity contribution in [3.8, 4) is 0 Å². The summed E-state index contributed by atoms with van der Waals surface area (Å²) in [6.07, 6.45) is -9.92. The molecule has 0 radical (unpaired) electrons. The summed E-state index contributed by atoms with van der Waals surface area (Å²) in [6.45, 7) is 0. The quantitative estimate of drug-likeness (QED) is 0.450. The number of nitrogens with zero attached hydrogens (tertiary/aromatic N) is 2. The van der Waals surface area contributed by atoms with E-state index in [9.17, 15) is 26.3 Å². The zero-order valence-corrected chi connectivity index (χ0v) is 8.66. The summed E-state index contributed by atoms with van der Waals surface area (Å²) >= 11 is 0. The Bertz CT molecular complexity index is 272. The average Bonchev–Trinajstić information content (AvgIpc) is 2.28. The number of hydrogen-bond acceptors (Lipinski definition) is 2. The van der Waals surface area contributed by atoms with Crippen LogP contribution in [0.1, 0.15) is 11.6 Å². The number of halogens is 6. The predicted molar refractivity (Wildman–Crippen MR) is 26.4 cm³/mol. The Morgan fingerprint density at radius 1 is 0.929 bits per heavy atom. The van der Waals surface area contributed by atoms with Crippen molar-refractivity contribution >= 4 is 0 Å². The Hall–Kier alpha value is -0.280. The van der Waals surface area contributed by atoms with E-state index in [4.69, 9.17) is 0 Å². The van der Waals surface area contributed by atoms with Crippen LogP contribution in [0.15, 0.2) is 0 Å². The number of alkyl halides is 6. The zero-order valence-electron chi connectivity index (χ0n) is 6.66. The van der Waals surface area contributed by atoms with Gasteiger partial charge in [-0.25, -0.2) is 0 Å². The van der Waals surface area contributed by atoms with Gasteiger partial charge in [0.1, 0.15) is 0 Å². The molecule has 0 fully saturated rings. The van der Waals surface area contributed by atoms with Gasteiger partial charge in [-0.1, -0.05) is 0 Å². The Kier molecular flexibility index (Phi) is 3.99. The third-order valence-electron chi connectivity index (χ3n) is 1.01. The molecule has 0 saturated heterocycles. The summed E-state index contributed by atoms with van der Waals surface area (Å²) in [5.74, 6) is -3.60. The fourth-order valence-corrected chi connectivity index (χ4v) is 0.515. The molecule has 0 aromatic carbocycles. The fourth-order valence-electron chi connectivity index (χ4n) is 0.515. The van der Waals surface area contributed by atoms with Gasteiger partial charge < -0.3 is 0 Å². The molecular formula is C4HF6N3Na+. The van der Waals surface area contributed by atoms with Crippen LogP contribution in [0, 0.1) is 0 Å². The van der Waals surface area contributed by atoms with Gasteiger partial charge in [-0.05, 0) is 0 Å². The molecule has 0 spiro atoms. The Morgan fingerprint density at radius 2 is 1.43 bits per heavy atom. The molecule has 0 saturated carbocycles. The second-order valence-electron chi connectivity index (χ2n) is 2.00. The third-order valence-corrected chi connectivity index (χ3v) is 1.01. The van der Waals surface area contributed by atoms with Crippen LogP contribution in [0.5, 0.6) is 0 Å². The minimum Gasteiger partial charge on any atom is -0.255 e. The molecule has 0 atom stereocenters. The van der Waals surface area contributed by atoms with E-state index in [1.807, 2.05) is 0 Å². The SMILES string of the molecule is FC(F)(F)c1n[nH]c(C(F)(F)F)n1.[Na+]. The molecule has 0 amide bonds. The molecule has 0 aliphatic rings. The van der Waals surface area contributed by atoms with Crippen LogP contribution in [0.25, 0.3) is 0 Å². The molecular weight excluding hydrogens is 227 g/mol. The monoisotopic (exact) mass is 228 g/mol. The van der Waals surface area contributed by atoms with E-state index in [1.54, 1.807) is 0 Å². The minimum atomic E-state index is -4.97. The molecule has 1 heterocycles. The standard InChI is InChI=1S/C4HF6N3.Na/c5-3(6,7)1-11-2(13-12-1)4(8,9)10;/h(H,11,12,13);/q;+1. The number of H-pyrrole nitrogens is 1. The number of nitrogens with one attached hydrogen (secondary N) is 1. The third kappa shape index (κ3) is 3.14. The van der Waals surface area contributed by atoms with Gasteiger partial charge in [0, 0.05) is 0 Å². The molecule has 0 aliphatic heterocycles. The van der Waals surface area contributed by atoms with Crippen LogP contribution in [0.3, 0.4) is 0 Å². The first-order chi connectivity index (χ1) is 5.71. The summed E-state index contributed by atoms with van der Waals surface area (Å²) in [5, 5.41) is 3.52. The molecule has 74 valence electrons. The van der Waals surface area contributed by atoms with Crippen LogP contribution in [0.4, 0.5) is 26.3 Å². The summed E-state index contributed by atoms with van der Waals surface area (Å²) in [4.78, 5) is 2.24. The number of aromatic nitrogens is 3. The fraction of sp³-hybridized carbons (Fsp3) is 0.500. The first-order valence-corrected chi connectivity index (χ1v) is 2.78. The van der Waals surface area contributed by atoms with Crippen LogP contribution in [-0.4, -0.2) is 15.2 Å². The molecule has 0 unspecified atom stereocenters. The summed E-state index contributed by atoms with van der Waals surface area (Å²) in [5.41, 5.74) is 0. The molecule has 1 rings (SSSR count). The first kappa shape index (κ1) is 13.7. The Labute approximate surface area is 95.2 Å². The molecule has 10 heteroatoms. The topological polar surface area (TPSA) is 41.6 Å². The van der Waals surface area contributed by atoms with Gasteiger partial charge in [0.05, 0.1) is 0 Å². The average molecular weight is 228 g/mol. The van der Waals surface area contributed by atoms with E-state index in [0.29, 0.717) is 0 Å². The van der Waals surface area contributed by atoms with Gasteiger partial charge in [0.25, 0.3) is 5.82 Å². The van der Waals surface area contributed by atoms with Gasteiger partial charge in [-0.2, -0.15) is 31.3 Å². The first-order valence-electron chi connectivity index (χ1n) is 2.78. The second-order valence-corrected chi connectivity index (χ2v) is 2.00. The molecule has 3 nitrogen and oxygen atoms in total. The predicted octanol–water partition coefficient (Wildman–Crippen LogP) is -1.15. The molecule has 0 aliphatic carbocycles. The van der Waals surface area contributed by atoms with E-state index in [-0.39, 0.29) is 29.6 Å². The maximum absolute atomic E-state index is 11.7. The van der Waals surface area contributed by atoms with E-state index < -0.39 is 24.0 Å². The van der Waals surface area contributed by atoms with Gasteiger partial charge in [0.2, 0.25) is 5.82 Å². The van der Waals surface area contributed by atoms with Crippen molar-refractivity contribution in [2.45, 2.75) is 12.4 Å². The molecule has 14 heavy (non-hydrogen) atoms. The van der Waals surface area contributed by atoms with Crippen molar-refractivity contribution in [2.24, 2.45) is 0 Å². The van der Waals surface area contributed by atoms with Gasteiger partial charge in [-0.3, -0.25) is 5.10 Å². The number of hydrogen-bond donors (Lipinski definition) is 1. The van der Waals surface area contributed by atoms with Crippen molar-refractivity contribution in [1.82, 2.24) is 15.2 Å². The Balaban J connectivity index is 0.00000169. The maximum Gasteiger partial charge on any atom is 1.00 e. The molecule has 1 aromatic rings. The minimum absolute atomic E-state index is 0. The number of rotatable bonds is 0. The van der Waals surface area contributed by atoms with E-state index in [2.05, 4.69) is 10.1 Å². The van der Waals surface area contributed by atoms with Crippen LogP contribution < -0.4 is 29.6 Å². The van der Waals surface area contributed by atoms with E-state index in [1.165, 1.54) is 0 Å². The van der Waals surface area contributed by atoms with Crippen molar-refractivity contribution in [1.29, 1.82) is 0 Å². The van der Waals surface area contributed by atoms with Crippen molar-refractivity contribution in [2.75, 3.05) is 0 Å². The van der Waals surface area contributed by atoms with Crippen LogP contribution >= 0.6 is 0 Å². The van der Waals surface area contributed by atoms with E-state index in [0.717, 1.165) is 5.10 Å². The molecule has 0 bridgehead atoms. The van der Waals surface area contributed by atoms with E-state index >= 15 is 0 Å². The van der Waals surface area contributed by atoms with Crippen LogP contribution in [0.2, 0.25) is 0 Å². The van der Waals surface area contributed by atoms with Crippen molar-refractivity contribution < 1.29 is 55.9 Å². The zero-order chi connectivity index (χ0) is 10.3. The van der Waals surface area contributed by atoms with Gasteiger partial charge in [-0.15, -0.1) is 5.10 Å². The largest absolute Gasteiger partial charge is 1.00 e. The Morgan fingerprint density at radius 3 is 1.64 bits per heavy atom. The molecule has 1 N–H and O–H groups in total. The summed E-state index contributed by atoms with van der Waals surface area (Å²) in [6, 6.07) is 0. The normalized spacial score (nSPS) is 12.4. The van der Waals surface area contributed by atoms with Gasteiger partial charge >= 0.3 is 41.9 Å². The smallest absolute Gasteiger partial charge is 0.255 e. The van der Waals surface area contributed by atoms with Crippen molar-refractivity contribution in [3.05, 3.63) is 11.6 Å². The second kappa shape index (κ2) is 4.07. The van der Waals surface area contributed by atoms with Gasteiger partial charge in [0.15, 0.2) is 0 Å². The number of aromatic amines is 1. The van der Waals surface area contributed by atoms with Crippen LogP contribution in [-0.2, 0) is 12.4 Å². The summed E-state index contributed by atoms with van der Waals surface area (Å²) < 4.78 is 70.1.